The average molecular weight is 186 g/mol. The summed E-state index contributed by atoms with van der Waals surface area (Å²) in [7, 11) is 0. The van der Waals surface area contributed by atoms with E-state index >= 15 is 0 Å². The summed E-state index contributed by atoms with van der Waals surface area (Å²) in [5.41, 5.74) is 0.658. The quantitative estimate of drug-likeness (QED) is 0.405. The third-order valence-corrected chi connectivity index (χ3v) is 2.15. The van der Waals surface area contributed by atoms with Gasteiger partial charge in [0.1, 0.15) is 5.75 Å². The van der Waals surface area contributed by atoms with Gasteiger partial charge in [-0.3, -0.25) is 0 Å². The molecule has 0 fully saturated rings. The molecule has 70 valence electrons. The lowest BCUT2D eigenvalue weighted by Crippen LogP contribution is -1.89. The van der Waals surface area contributed by atoms with Gasteiger partial charge >= 0.3 is 0 Å². The molecule has 0 radical (unpaired) electrons. The maximum absolute atomic E-state index is 9.59. The Morgan fingerprint density at radius 1 is 1.14 bits per heavy atom. The number of benzene rings is 2. The van der Waals surface area contributed by atoms with Crippen molar-refractivity contribution in [3.8, 4) is 5.75 Å². The van der Waals surface area contributed by atoms with Gasteiger partial charge in [0.05, 0.1) is 6.21 Å². The molecule has 0 saturated carbocycles. The van der Waals surface area contributed by atoms with Gasteiger partial charge in [0.25, 0.3) is 0 Å². The summed E-state index contributed by atoms with van der Waals surface area (Å²) in [6, 6.07) is 11.3. The second-order valence-corrected chi connectivity index (χ2v) is 3.00. The summed E-state index contributed by atoms with van der Waals surface area (Å²) >= 11 is 0. The maximum Gasteiger partial charge on any atom is 0.125 e. The number of phenols is 1. The van der Waals surface area contributed by atoms with Crippen LogP contribution in [0.3, 0.4) is 0 Å². The molecule has 0 spiro atoms. The van der Waals surface area contributed by atoms with Crippen LogP contribution in [0.5, 0.6) is 5.75 Å². The molecule has 2 aromatic rings. The molecule has 0 heterocycles. The van der Waals surface area contributed by atoms with Crippen molar-refractivity contribution in [1.29, 1.82) is 0 Å². The minimum absolute atomic E-state index is 0.193. The minimum Gasteiger partial charge on any atom is -0.507 e. The Morgan fingerprint density at radius 2 is 1.93 bits per heavy atom. The van der Waals surface area contributed by atoms with E-state index in [9.17, 15) is 5.11 Å². The van der Waals surface area contributed by atoms with Gasteiger partial charge in [-0.25, -0.2) is 0 Å². The van der Waals surface area contributed by atoms with Crippen molar-refractivity contribution >= 4 is 17.0 Å². The van der Waals surface area contributed by atoms with E-state index < -0.39 is 0 Å². The van der Waals surface area contributed by atoms with E-state index in [1.165, 1.54) is 6.21 Å². The summed E-state index contributed by atoms with van der Waals surface area (Å²) in [6.45, 7) is 0. The predicted octanol–water partition coefficient (Wildman–Crippen LogP) is 1.84. The molecule has 0 bridgehead atoms. The maximum atomic E-state index is 9.59. The highest BCUT2D eigenvalue weighted by Crippen LogP contribution is 2.25. The first-order valence-corrected chi connectivity index (χ1v) is 4.27. The van der Waals surface area contributed by atoms with Crippen LogP contribution in [0, 0.1) is 0 Å². The Balaban J connectivity index is 2.82. The average Bonchev–Trinajstić information content (AvgIpc) is 2.23. The first-order chi connectivity index (χ1) is 6.83. The second-order valence-electron chi connectivity index (χ2n) is 3.00. The molecule has 0 unspecified atom stereocenters. The smallest absolute Gasteiger partial charge is 0.125 e. The van der Waals surface area contributed by atoms with Gasteiger partial charge in [0, 0.05) is 5.56 Å². The first kappa shape index (κ1) is 8.56. The van der Waals surface area contributed by atoms with Crippen molar-refractivity contribution in [3.63, 3.8) is 0 Å². The lowest BCUT2D eigenvalue weighted by atomic mass is 10.0. The Labute approximate surface area is 81.5 Å². The molecule has 0 amide bonds. The normalized spacial score (nSPS) is 11.1. The molecule has 2 rings (SSSR count). The number of hydrazone groups is 1. The van der Waals surface area contributed by atoms with Crippen LogP contribution in [0.1, 0.15) is 5.56 Å². The van der Waals surface area contributed by atoms with Crippen molar-refractivity contribution < 1.29 is 5.11 Å². The zero-order valence-electron chi connectivity index (χ0n) is 7.51. The second kappa shape index (κ2) is 3.38. The lowest BCUT2D eigenvalue weighted by molar-refractivity contribution is 0.475. The lowest BCUT2D eigenvalue weighted by Gasteiger charge is -2.03. The summed E-state index contributed by atoms with van der Waals surface area (Å²) < 4.78 is 0. The third kappa shape index (κ3) is 1.29. The Kier molecular flexibility index (Phi) is 2.07. The van der Waals surface area contributed by atoms with Gasteiger partial charge < -0.3 is 10.9 Å². The first-order valence-electron chi connectivity index (χ1n) is 4.27. The van der Waals surface area contributed by atoms with Crippen LogP contribution in [-0.4, -0.2) is 11.3 Å². The van der Waals surface area contributed by atoms with Crippen LogP contribution >= 0.6 is 0 Å². The summed E-state index contributed by atoms with van der Waals surface area (Å²) in [5.74, 6) is 5.27. The van der Waals surface area contributed by atoms with Crippen molar-refractivity contribution in [2.45, 2.75) is 0 Å². The van der Waals surface area contributed by atoms with E-state index in [0.717, 1.165) is 10.8 Å². The molecule has 0 aromatic heterocycles. The van der Waals surface area contributed by atoms with Crippen molar-refractivity contribution in [2.24, 2.45) is 10.9 Å². The van der Waals surface area contributed by atoms with Crippen molar-refractivity contribution in [2.75, 3.05) is 0 Å². The monoisotopic (exact) mass is 186 g/mol. The number of nitrogens with zero attached hydrogens (tertiary/aromatic N) is 1. The van der Waals surface area contributed by atoms with Crippen molar-refractivity contribution in [3.05, 3.63) is 42.0 Å². The van der Waals surface area contributed by atoms with Crippen molar-refractivity contribution in [1.82, 2.24) is 0 Å². The molecule has 3 N–H and O–H groups in total. The molecule has 0 aliphatic rings. The molecule has 2 aromatic carbocycles. The number of fused-ring (bicyclic) bond motifs is 1. The molecule has 3 nitrogen and oxygen atoms in total. The number of hydrogen-bond donors (Lipinski definition) is 2. The van der Waals surface area contributed by atoms with Crippen LogP contribution in [-0.2, 0) is 0 Å². The van der Waals surface area contributed by atoms with E-state index in [1.54, 1.807) is 6.07 Å². The fraction of sp³-hybridized carbons (Fsp3) is 0. The van der Waals surface area contributed by atoms with Gasteiger partial charge in [-0.15, -0.1) is 0 Å². The van der Waals surface area contributed by atoms with Gasteiger partial charge in [0.15, 0.2) is 0 Å². The minimum atomic E-state index is 0.193. The number of hydrogen-bond acceptors (Lipinski definition) is 3. The number of phenolic OH excluding ortho intramolecular Hbond substituents is 1. The van der Waals surface area contributed by atoms with Gasteiger partial charge in [-0.1, -0.05) is 30.3 Å². The van der Waals surface area contributed by atoms with E-state index in [1.807, 2.05) is 30.3 Å². The van der Waals surface area contributed by atoms with E-state index in [2.05, 4.69) is 5.10 Å². The third-order valence-electron chi connectivity index (χ3n) is 2.15. The predicted molar refractivity (Wildman–Crippen MR) is 57.4 cm³/mol. The molecule has 3 heteroatoms. The Bertz CT molecular complexity index is 492. The molecular weight excluding hydrogens is 176 g/mol. The zero-order chi connectivity index (χ0) is 9.97. The summed E-state index contributed by atoms with van der Waals surface area (Å²) in [5, 5.41) is 15.0. The topological polar surface area (TPSA) is 58.6 Å². The highest BCUT2D eigenvalue weighted by atomic mass is 16.3. The number of nitrogens with two attached hydrogens (primary N) is 1. The molecule has 0 saturated heterocycles. The summed E-state index contributed by atoms with van der Waals surface area (Å²) in [6.07, 6.45) is 1.46. The van der Waals surface area contributed by atoms with E-state index in [-0.39, 0.29) is 5.75 Å². The van der Waals surface area contributed by atoms with Gasteiger partial charge in [0.2, 0.25) is 0 Å². The Hall–Kier alpha value is -2.03. The molecule has 0 aliphatic heterocycles. The standard InChI is InChI=1S/C11H10N2O/c12-13-7-10-9-4-2-1-3-8(9)5-6-11(10)14/h1-7,14H,12H2. The number of rotatable bonds is 1. The van der Waals surface area contributed by atoms with Crippen LogP contribution in [0.4, 0.5) is 0 Å². The number of aromatic hydroxyl groups is 1. The fourth-order valence-electron chi connectivity index (χ4n) is 1.49. The van der Waals surface area contributed by atoms with Crippen LogP contribution in [0.25, 0.3) is 10.8 Å². The van der Waals surface area contributed by atoms with Crippen LogP contribution in [0.15, 0.2) is 41.5 Å². The highest BCUT2D eigenvalue weighted by molar-refractivity contribution is 6.02. The van der Waals surface area contributed by atoms with Gasteiger partial charge in [-0.2, -0.15) is 5.10 Å². The zero-order valence-corrected chi connectivity index (χ0v) is 7.51. The highest BCUT2D eigenvalue weighted by Gasteiger charge is 2.03. The van der Waals surface area contributed by atoms with E-state index in [0.29, 0.717) is 5.56 Å². The molecule has 14 heavy (non-hydrogen) atoms. The molecule has 0 aliphatic carbocycles. The van der Waals surface area contributed by atoms with Crippen LogP contribution in [0.2, 0.25) is 0 Å². The molecular formula is C11H10N2O. The largest absolute Gasteiger partial charge is 0.507 e. The SMILES string of the molecule is NN=Cc1c(O)ccc2ccccc12. The van der Waals surface area contributed by atoms with Gasteiger partial charge in [-0.05, 0) is 16.8 Å². The molecule has 0 atom stereocenters. The van der Waals surface area contributed by atoms with Crippen LogP contribution < -0.4 is 5.84 Å². The Morgan fingerprint density at radius 3 is 2.71 bits per heavy atom. The summed E-state index contributed by atoms with van der Waals surface area (Å²) in [4.78, 5) is 0. The van der Waals surface area contributed by atoms with E-state index in [4.69, 9.17) is 5.84 Å². The fourth-order valence-corrected chi connectivity index (χ4v) is 1.49.